The number of benzene rings is 1. The molecule has 0 spiro atoms. The van der Waals surface area contributed by atoms with Crippen molar-refractivity contribution < 1.29 is 5.11 Å². The number of nitrogen functional groups attached to an aromatic ring is 1. The van der Waals surface area contributed by atoms with E-state index in [-0.39, 0.29) is 0 Å². The highest BCUT2D eigenvalue weighted by atomic mass is 16.3. The Bertz CT molecular complexity index is 1310. The molecule has 3 aromatic heterocycles. The molecule has 5 rings (SSSR count). The lowest BCUT2D eigenvalue weighted by molar-refractivity contribution is 0.0982. The average molecular weight is 380 g/mol. The normalized spacial score (nSPS) is 17.6. The van der Waals surface area contributed by atoms with Crippen LogP contribution in [0, 0.1) is 11.8 Å². The van der Waals surface area contributed by atoms with Crippen LogP contribution in [0.3, 0.4) is 0 Å². The summed E-state index contributed by atoms with van der Waals surface area (Å²) >= 11 is 0. The van der Waals surface area contributed by atoms with Crippen molar-refractivity contribution in [1.82, 2.24) is 24.9 Å². The highest BCUT2D eigenvalue weighted by Gasteiger charge is 2.36. The minimum Gasteiger partial charge on any atom is -0.382 e. The second-order valence-corrected chi connectivity index (χ2v) is 6.89. The molecule has 0 saturated carbocycles. The molecule has 1 atom stereocenters. The molecule has 3 N–H and O–H groups in total. The molecular formula is C22H16N6O. The largest absolute Gasteiger partial charge is 0.382 e. The van der Waals surface area contributed by atoms with Gasteiger partial charge in [0.25, 0.3) is 0 Å². The second kappa shape index (κ2) is 6.62. The highest BCUT2D eigenvalue weighted by molar-refractivity contribution is 5.84. The predicted octanol–water partition coefficient (Wildman–Crippen LogP) is 2.25. The molecule has 0 radical (unpaired) electrons. The summed E-state index contributed by atoms with van der Waals surface area (Å²) in [4.78, 5) is 21.3. The van der Waals surface area contributed by atoms with E-state index in [1.54, 1.807) is 12.4 Å². The van der Waals surface area contributed by atoms with Crippen LogP contribution in [0.25, 0.3) is 22.4 Å². The maximum Gasteiger partial charge on any atom is 0.168 e. The van der Waals surface area contributed by atoms with E-state index in [2.05, 4.69) is 36.8 Å². The van der Waals surface area contributed by atoms with Crippen LogP contribution in [0.5, 0.6) is 0 Å². The predicted molar refractivity (Wildman–Crippen MR) is 108 cm³/mol. The molecule has 0 saturated heterocycles. The van der Waals surface area contributed by atoms with Crippen LogP contribution in [0.4, 0.5) is 5.82 Å². The van der Waals surface area contributed by atoms with Crippen molar-refractivity contribution in [2.45, 2.75) is 18.4 Å². The third kappa shape index (κ3) is 3.06. The maximum atomic E-state index is 11.0. The van der Waals surface area contributed by atoms with Gasteiger partial charge in [0.1, 0.15) is 17.4 Å². The van der Waals surface area contributed by atoms with Crippen molar-refractivity contribution >= 4 is 16.9 Å². The van der Waals surface area contributed by atoms with Gasteiger partial charge in [-0.1, -0.05) is 30.0 Å². The number of nitrogens with zero attached hydrogens (tertiary/aromatic N) is 5. The number of hydrogen-bond donors (Lipinski definition) is 2. The molecule has 29 heavy (non-hydrogen) atoms. The number of aryl methyl sites for hydroxylation is 1. The molecule has 0 aliphatic heterocycles. The summed E-state index contributed by atoms with van der Waals surface area (Å²) in [6.07, 6.45) is 6.00. The average Bonchev–Trinajstić information content (AvgIpc) is 3.10. The van der Waals surface area contributed by atoms with Crippen molar-refractivity contribution in [3.05, 3.63) is 71.9 Å². The number of nitrogens with two attached hydrogens (primary N) is 1. The minimum atomic E-state index is -1.22. The Balaban J connectivity index is 1.51. The van der Waals surface area contributed by atoms with Crippen LogP contribution in [-0.4, -0.2) is 30.0 Å². The number of aromatic nitrogens is 5. The van der Waals surface area contributed by atoms with Gasteiger partial charge in [-0.05, 0) is 36.6 Å². The fourth-order valence-electron chi connectivity index (χ4n) is 3.49. The number of pyridine rings is 1. The maximum absolute atomic E-state index is 11.0. The van der Waals surface area contributed by atoms with Gasteiger partial charge in [-0.15, -0.1) is 0 Å². The van der Waals surface area contributed by atoms with Crippen LogP contribution in [0.15, 0.2) is 55.1 Å². The third-order valence-corrected chi connectivity index (χ3v) is 4.98. The number of hydrogen-bond acceptors (Lipinski definition) is 7. The molecule has 0 unspecified atom stereocenters. The van der Waals surface area contributed by atoms with E-state index in [0.29, 0.717) is 34.8 Å². The number of rotatable bonds is 1. The summed E-state index contributed by atoms with van der Waals surface area (Å²) in [5.74, 6) is 6.91. The second-order valence-electron chi connectivity index (χ2n) is 6.89. The molecule has 1 aliphatic rings. The Hall–Kier alpha value is -3.89. The van der Waals surface area contributed by atoms with E-state index >= 15 is 0 Å². The van der Waals surface area contributed by atoms with Gasteiger partial charge in [0, 0.05) is 17.3 Å². The van der Waals surface area contributed by atoms with Gasteiger partial charge in [-0.25, -0.2) is 19.9 Å². The lowest BCUT2D eigenvalue weighted by Gasteiger charge is -2.15. The topological polar surface area (TPSA) is 111 Å². The van der Waals surface area contributed by atoms with E-state index in [4.69, 9.17) is 5.73 Å². The summed E-state index contributed by atoms with van der Waals surface area (Å²) in [6, 6.07) is 11.4. The number of aliphatic hydroxyl groups is 1. The third-order valence-electron chi connectivity index (χ3n) is 4.98. The molecule has 1 aliphatic carbocycles. The molecule has 140 valence electrons. The number of fused-ring (bicyclic) bond motifs is 2. The van der Waals surface area contributed by atoms with Crippen molar-refractivity contribution in [1.29, 1.82) is 0 Å². The fourth-order valence-corrected chi connectivity index (χ4v) is 3.49. The zero-order valence-electron chi connectivity index (χ0n) is 15.4. The minimum absolute atomic E-state index is 0.309. The molecule has 0 fully saturated rings. The van der Waals surface area contributed by atoms with E-state index in [9.17, 15) is 5.11 Å². The Morgan fingerprint density at radius 3 is 2.93 bits per heavy atom. The van der Waals surface area contributed by atoms with Gasteiger partial charge in [-0.2, -0.15) is 0 Å². The molecular weight excluding hydrogens is 364 g/mol. The summed E-state index contributed by atoms with van der Waals surface area (Å²) in [7, 11) is 0. The summed E-state index contributed by atoms with van der Waals surface area (Å²) in [5, 5.41) is 11.0. The van der Waals surface area contributed by atoms with Gasteiger partial charge < -0.3 is 10.8 Å². The molecule has 1 aromatic carbocycles. The molecule has 7 heteroatoms. The monoisotopic (exact) mass is 380 g/mol. The first-order chi connectivity index (χ1) is 14.1. The van der Waals surface area contributed by atoms with E-state index in [1.165, 1.54) is 6.33 Å². The number of anilines is 1. The van der Waals surface area contributed by atoms with Crippen LogP contribution in [-0.2, 0) is 12.0 Å². The molecule has 0 bridgehead atoms. The van der Waals surface area contributed by atoms with E-state index in [1.807, 2.05) is 36.4 Å². The van der Waals surface area contributed by atoms with Crippen molar-refractivity contribution in [2.75, 3.05) is 5.73 Å². The smallest absolute Gasteiger partial charge is 0.168 e. The van der Waals surface area contributed by atoms with Gasteiger partial charge >= 0.3 is 0 Å². The van der Waals surface area contributed by atoms with Gasteiger partial charge in [-0.3, -0.25) is 4.98 Å². The van der Waals surface area contributed by atoms with Crippen LogP contribution < -0.4 is 5.73 Å². The summed E-state index contributed by atoms with van der Waals surface area (Å²) in [5.41, 5.74) is 9.02. The lowest BCUT2D eigenvalue weighted by Crippen LogP contribution is -2.20. The standard InChI is InChI=1S/C22H16N6O/c23-20-18-17(26-13-27-20)12-25-21(28-18)16-4-1-3-14(11-16)6-8-22(29)9-7-15-5-2-10-24-19(15)22/h1-5,10-13,29H,7,9H2,(H2,23,26,27)/t22-/m0/s1. The molecule has 4 aromatic rings. The van der Waals surface area contributed by atoms with Gasteiger partial charge in [0.05, 0.1) is 11.9 Å². The quantitative estimate of drug-likeness (QED) is 0.487. The Kier molecular flexibility index (Phi) is 3.93. The van der Waals surface area contributed by atoms with E-state index < -0.39 is 5.60 Å². The zero-order chi connectivity index (χ0) is 19.8. The Morgan fingerprint density at radius 1 is 1.07 bits per heavy atom. The first-order valence-electron chi connectivity index (χ1n) is 9.16. The van der Waals surface area contributed by atoms with Gasteiger partial charge in [0.15, 0.2) is 17.2 Å². The van der Waals surface area contributed by atoms with Crippen LogP contribution >= 0.6 is 0 Å². The molecule has 3 heterocycles. The summed E-state index contributed by atoms with van der Waals surface area (Å²) in [6.45, 7) is 0. The first-order valence-corrected chi connectivity index (χ1v) is 9.16. The van der Waals surface area contributed by atoms with Crippen LogP contribution in [0.2, 0.25) is 0 Å². The Morgan fingerprint density at radius 2 is 2.00 bits per heavy atom. The SMILES string of the molecule is Nc1ncnc2cnc(-c3cccc(C#C[C@]4(O)CCc5cccnc54)c3)nc12. The molecule has 0 amide bonds. The lowest BCUT2D eigenvalue weighted by atomic mass is 10.0. The van der Waals surface area contributed by atoms with Crippen molar-refractivity contribution in [2.24, 2.45) is 0 Å². The Labute approximate surface area is 166 Å². The van der Waals surface area contributed by atoms with Crippen molar-refractivity contribution in [3.63, 3.8) is 0 Å². The van der Waals surface area contributed by atoms with E-state index in [0.717, 1.165) is 23.1 Å². The van der Waals surface area contributed by atoms with Crippen molar-refractivity contribution in [3.8, 4) is 23.2 Å². The van der Waals surface area contributed by atoms with Crippen LogP contribution in [0.1, 0.15) is 23.2 Å². The van der Waals surface area contributed by atoms with Gasteiger partial charge in [0.2, 0.25) is 0 Å². The summed E-state index contributed by atoms with van der Waals surface area (Å²) < 4.78 is 0. The first kappa shape index (κ1) is 17.2. The zero-order valence-corrected chi connectivity index (χ0v) is 15.4. The fraction of sp³-hybridized carbons (Fsp3) is 0.136. The molecule has 7 nitrogen and oxygen atoms in total. The highest BCUT2D eigenvalue weighted by Crippen LogP contribution is 2.34.